The zero-order chi connectivity index (χ0) is 18.2. The molecule has 0 aliphatic heterocycles. The van der Waals surface area contributed by atoms with Crippen LogP contribution in [0.25, 0.3) is 0 Å². The number of hydrogen-bond donors (Lipinski definition) is 1. The van der Waals surface area contributed by atoms with Crippen molar-refractivity contribution in [3.05, 3.63) is 0 Å². The van der Waals surface area contributed by atoms with Gasteiger partial charge >= 0.3 is 0 Å². The van der Waals surface area contributed by atoms with Crippen molar-refractivity contribution in [2.24, 2.45) is 5.92 Å². The van der Waals surface area contributed by atoms with Crippen molar-refractivity contribution in [3.8, 4) is 0 Å². The van der Waals surface area contributed by atoms with Crippen LogP contribution in [0.2, 0.25) is 0 Å². The molecule has 24 heavy (non-hydrogen) atoms. The molecule has 0 saturated carbocycles. The molecule has 3 nitrogen and oxygen atoms in total. The van der Waals surface area contributed by atoms with Crippen LogP contribution in [0.1, 0.15) is 111 Å². The highest BCUT2D eigenvalue weighted by molar-refractivity contribution is 5.89. The van der Waals surface area contributed by atoms with Gasteiger partial charge in [-0.3, -0.25) is 9.59 Å². The summed E-state index contributed by atoms with van der Waals surface area (Å²) in [6.07, 6.45) is 15.7. The highest BCUT2D eigenvalue weighted by Gasteiger charge is 2.23. The Hall–Kier alpha value is -0.860. The molecule has 0 fully saturated rings. The predicted molar refractivity (Wildman–Crippen MR) is 103 cm³/mol. The summed E-state index contributed by atoms with van der Waals surface area (Å²) < 4.78 is 0. The summed E-state index contributed by atoms with van der Waals surface area (Å²) in [7, 11) is 0. The van der Waals surface area contributed by atoms with Gasteiger partial charge in [0, 0.05) is 12.8 Å². The Kier molecular flexibility index (Phi) is 15.1. The molecule has 0 aliphatic rings. The highest BCUT2D eigenvalue weighted by Crippen LogP contribution is 2.21. The lowest BCUT2D eigenvalue weighted by atomic mass is 9.88. The highest BCUT2D eigenvalue weighted by atomic mass is 16.2. The molecule has 1 N–H and O–H groups in total. The molecule has 1 unspecified atom stereocenters. The fraction of sp³-hybridized carbons (Fsp3) is 0.905. The molecule has 0 aliphatic carbocycles. The first-order chi connectivity index (χ1) is 11.5. The quantitative estimate of drug-likeness (QED) is 0.361. The number of hydrogen-bond acceptors (Lipinski definition) is 2. The average molecular weight is 340 g/mol. The SMILES string of the molecule is CCCCCCCCC(CCCCCCC)C(=O)[C@@H](C)NC(C)=O. The van der Waals surface area contributed by atoms with Crippen molar-refractivity contribution in [2.45, 2.75) is 117 Å². The van der Waals surface area contributed by atoms with Crippen LogP contribution in [0, 0.1) is 5.92 Å². The van der Waals surface area contributed by atoms with E-state index in [1.165, 1.54) is 64.7 Å². The van der Waals surface area contributed by atoms with Gasteiger partial charge in [0.1, 0.15) is 0 Å². The van der Waals surface area contributed by atoms with Crippen molar-refractivity contribution in [2.75, 3.05) is 0 Å². The van der Waals surface area contributed by atoms with E-state index in [1.807, 2.05) is 6.92 Å². The first-order valence-corrected chi connectivity index (χ1v) is 10.3. The number of ketones is 1. The van der Waals surface area contributed by atoms with Crippen LogP contribution in [0.5, 0.6) is 0 Å². The van der Waals surface area contributed by atoms with Crippen molar-refractivity contribution in [1.29, 1.82) is 0 Å². The maximum Gasteiger partial charge on any atom is 0.217 e. The lowest BCUT2D eigenvalue weighted by Gasteiger charge is -2.20. The maximum absolute atomic E-state index is 12.7. The van der Waals surface area contributed by atoms with E-state index in [-0.39, 0.29) is 23.7 Å². The summed E-state index contributed by atoms with van der Waals surface area (Å²) in [6.45, 7) is 7.77. The molecular weight excluding hydrogens is 298 g/mol. The third kappa shape index (κ3) is 12.5. The summed E-state index contributed by atoms with van der Waals surface area (Å²) in [6, 6.07) is -0.344. The lowest BCUT2D eigenvalue weighted by molar-refractivity contribution is -0.129. The molecule has 2 atom stereocenters. The predicted octanol–water partition coefficient (Wildman–Crippen LogP) is 5.81. The topological polar surface area (TPSA) is 46.2 Å². The Morgan fingerprint density at radius 1 is 0.750 bits per heavy atom. The minimum absolute atomic E-state index is 0.114. The Balaban J connectivity index is 4.26. The van der Waals surface area contributed by atoms with Gasteiger partial charge < -0.3 is 5.32 Å². The monoisotopic (exact) mass is 339 g/mol. The molecule has 1 amide bonds. The molecule has 0 bridgehead atoms. The third-order valence-electron chi connectivity index (χ3n) is 4.81. The molecule has 0 saturated heterocycles. The van der Waals surface area contributed by atoms with Crippen LogP contribution in [0.3, 0.4) is 0 Å². The molecule has 0 spiro atoms. The number of carbonyl (C=O) groups excluding carboxylic acids is 2. The van der Waals surface area contributed by atoms with Crippen molar-refractivity contribution >= 4 is 11.7 Å². The molecule has 0 heterocycles. The van der Waals surface area contributed by atoms with Crippen molar-refractivity contribution in [1.82, 2.24) is 5.32 Å². The number of rotatable bonds is 16. The van der Waals surface area contributed by atoms with Gasteiger partial charge in [0.05, 0.1) is 6.04 Å². The van der Waals surface area contributed by atoms with E-state index in [4.69, 9.17) is 0 Å². The molecule has 3 heteroatoms. The largest absolute Gasteiger partial charge is 0.347 e. The summed E-state index contributed by atoms with van der Waals surface area (Å²) >= 11 is 0. The normalized spacial score (nSPS) is 13.5. The minimum Gasteiger partial charge on any atom is -0.347 e. The fourth-order valence-corrected chi connectivity index (χ4v) is 3.32. The van der Waals surface area contributed by atoms with Gasteiger partial charge in [0.25, 0.3) is 0 Å². The average Bonchev–Trinajstić information content (AvgIpc) is 2.54. The van der Waals surface area contributed by atoms with Gasteiger partial charge in [-0.05, 0) is 19.8 Å². The zero-order valence-corrected chi connectivity index (χ0v) is 16.7. The van der Waals surface area contributed by atoms with E-state index in [0.29, 0.717) is 0 Å². The van der Waals surface area contributed by atoms with E-state index in [1.54, 1.807) is 0 Å². The molecule has 0 aromatic rings. The number of carbonyl (C=O) groups is 2. The number of amides is 1. The van der Waals surface area contributed by atoms with Gasteiger partial charge in [-0.15, -0.1) is 0 Å². The van der Waals surface area contributed by atoms with Gasteiger partial charge in [0.15, 0.2) is 5.78 Å². The van der Waals surface area contributed by atoms with Gasteiger partial charge in [-0.2, -0.15) is 0 Å². The molecule has 0 rings (SSSR count). The van der Waals surface area contributed by atoms with Gasteiger partial charge in [0.2, 0.25) is 5.91 Å². The van der Waals surface area contributed by atoms with E-state index in [2.05, 4.69) is 19.2 Å². The van der Waals surface area contributed by atoms with Crippen LogP contribution in [-0.2, 0) is 9.59 Å². The maximum atomic E-state index is 12.7. The van der Waals surface area contributed by atoms with E-state index >= 15 is 0 Å². The number of unbranched alkanes of at least 4 members (excludes halogenated alkanes) is 9. The standard InChI is InChI=1S/C21H41NO2/c1-5-7-9-11-13-15-17-20(16-14-12-10-8-6-2)21(24)18(3)22-19(4)23/h18,20H,5-17H2,1-4H3,(H,22,23)/t18-,20?/m1/s1. The lowest BCUT2D eigenvalue weighted by Crippen LogP contribution is -2.40. The summed E-state index contributed by atoms with van der Waals surface area (Å²) in [4.78, 5) is 23.9. The van der Waals surface area contributed by atoms with Crippen LogP contribution in [0.4, 0.5) is 0 Å². The third-order valence-corrected chi connectivity index (χ3v) is 4.81. The van der Waals surface area contributed by atoms with Crippen LogP contribution in [-0.4, -0.2) is 17.7 Å². The van der Waals surface area contributed by atoms with Crippen LogP contribution in [0.15, 0.2) is 0 Å². The number of nitrogens with one attached hydrogen (secondary N) is 1. The second-order valence-corrected chi connectivity index (χ2v) is 7.28. The van der Waals surface area contributed by atoms with E-state index < -0.39 is 0 Å². The first kappa shape index (κ1) is 23.1. The molecule has 0 radical (unpaired) electrons. The molecular formula is C21H41NO2. The summed E-state index contributed by atoms with van der Waals surface area (Å²) in [5.41, 5.74) is 0. The molecule has 0 aromatic heterocycles. The Morgan fingerprint density at radius 3 is 1.58 bits per heavy atom. The molecule has 0 aromatic carbocycles. The van der Waals surface area contributed by atoms with Crippen molar-refractivity contribution < 1.29 is 9.59 Å². The zero-order valence-electron chi connectivity index (χ0n) is 16.7. The van der Waals surface area contributed by atoms with Crippen molar-refractivity contribution in [3.63, 3.8) is 0 Å². The van der Waals surface area contributed by atoms with E-state index in [0.717, 1.165) is 25.7 Å². The second-order valence-electron chi connectivity index (χ2n) is 7.28. The summed E-state index contributed by atoms with van der Waals surface area (Å²) in [5, 5.41) is 2.76. The second kappa shape index (κ2) is 15.7. The Morgan fingerprint density at radius 2 is 1.17 bits per heavy atom. The van der Waals surface area contributed by atoms with Crippen LogP contribution >= 0.6 is 0 Å². The summed E-state index contributed by atoms with van der Waals surface area (Å²) in [5.74, 6) is 0.242. The van der Waals surface area contributed by atoms with Gasteiger partial charge in [-0.25, -0.2) is 0 Å². The number of Topliss-reactive ketones (excluding diaryl/α,β-unsaturated/α-hetero) is 1. The van der Waals surface area contributed by atoms with E-state index in [9.17, 15) is 9.59 Å². The first-order valence-electron chi connectivity index (χ1n) is 10.3. The smallest absolute Gasteiger partial charge is 0.217 e. The Bertz CT molecular complexity index is 328. The Labute approximate surface area is 150 Å². The van der Waals surface area contributed by atoms with Gasteiger partial charge in [-0.1, -0.05) is 84.5 Å². The molecule has 142 valence electrons. The van der Waals surface area contributed by atoms with Crippen LogP contribution < -0.4 is 5.32 Å². The fourth-order valence-electron chi connectivity index (χ4n) is 3.32. The minimum atomic E-state index is -0.344.